The summed E-state index contributed by atoms with van der Waals surface area (Å²) in [6, 6.07) is 2.68. The fraction of sp³-hybridized carbons (Fsp3) is 0.625. The first-order valence-corrected chi connectivity index (χ1v) is 5.51. The Kier molecular flexibility index (Phi) is 7.83. The van der Waals surface area contributed by atoms with Crippen LogP contribution in [-0.2, 0) is 4.84 Å². The van der Waals surface area contributed by atoms with Crippen LogP contribution in [0.15, 0.2) is 0 Å². The average molecular weight is 296 g/mol. The maximum atomic E-state index is 11.0. The Bertz CT molecular complexity index is 210. The first-order valence-electron chi connectivity index (χ1n) is 3.99. The Morgan fingerprint density at radius 1 is 1.69 bits per heavy atom. The number of alkyl halides is 1. The fourth-order valence-electron chi connectivity index (χ4n) is 0.698. The van der Waals surface area contributed by atoms with Crippen LogP contribution in [0, 0.1) is 12.0 Å². The molecule has 5 heteroatoms. The van der Waals surface area contributed by atoms with Gasteiger partial charge < -0.3 is 4.84 Å². The van der Waals surface area contributed by atoms with Crippen molar-refractivity contribution in [2.45, 2.75) is 19.8 Å². The minimum Gasteiger partial charge on any atom is -0.356 e. The van der Waals surface area contributed by atoms with Gasteiger partial charge in [0.15, 0.2) is 0 Å². The third-order valence-electron chi connectivity index (χ3n) is 1.34. The van der Waals surface area contributed by atoms with Crippen LogP contribution in [0.5, 0.6) is 0 Å². The lowest BCUT2D eigenvalue weighted by molar-refractivity contribution is 0.120. The molecule has 1 amide bonds. The second-order valence-corrected chi connectivity index (χ2v) is 3.07. The predicted molar refractivity (Wildman–Crippen MR) is 58.9 cm³/mol. The van der Waals surface area contributed by atoms with Crippen molar-refractivity contribution in [2.75, 3.05) is 11.0 Å². The maximum Gasteiger partial charge on any atom is 0.440 e. The summed E-state index contributed by atoms with van der Waals surface area (Å²) >= 11 is 2.11. The van der Waals surface area contributed by atoms with Gasteiger partial charge in [-0.05, 0) is 6.42 Å². The van der Waals surface area contributed by atoms with E-state index in [-0.39, 0.29) is 0 Å². The summed E-state index contributed by atoms with van der Waals surface area (Å²) in [5.74, 6) is 7.53. The van der Waals surface area contributed by atoms with Crippen molar-refractivity contribution in [3.8, 4) is 12.0 Å². The van der Waals surface area contributed by atoms with Crippen LogP contribution in [0.25, 0.3) is 0 Å². The van der Waals surface area contributed by atoms with Gasteiger partial charge in [0.25, 0.3) is 0 Å². The van der Waals surface area contributed by atoms with E-state index in [1.165, 1.54) is 4.90 Å². The summed E-state index contributed by atoms with van der Waals surface area (Å²) < 4.78 is 0.679. The van der Waals surface area contributed by atoms with Crippen molar-refractivity contribution in [3.63, 3.8) is 0 Å². The van der Waals surface area contributed by atoms with Gasteiger partial charge in [-0.15, -0.1) is 0 Å². The number of amides is 1. The number of carbonyl (C=O) groups is 1. The van der Waals surface area contributed by atoms with Crippen LogP contribution in [0.3, 0.4) is 0 Å². The highest BCUT2D eigenvalue weighted by molar-refractivity contribution is 14.1. The molecule has 0 aromatic heterocycles. The number of halogens is 1. The lowest BCUT2D eigenvalue weighted by Crippen LogP contribution is -2.30. The number of unbranched alkanes of at least 4 members (excludes halogenated alkanes) is 1. The van der Waals surface area contributed by atoms with Crippen molar-refractivity contribution >= 4 is 28.7 Å². The van der Waals surface area contributed by atoms with Gasteiger partial charge in [-0.2, -0.15) is 5.90 Å². The van der Waals surface area contributed by atoms with Crippen LogP contribution in [0.2, 0.25) is 0 Å². The van der Waals surface area contributed by atoms with Gasteiger partial charge in [-0.1, -0.05) is 41.9 Å². The van der Waals surface area contributed by atoms with Gasteiger partial charge in [0.1, 0.15) is 0 Å². The summed E-state index contributed by atoms with van der Waals surface area (Å²) in [5, 5.41) is 0. The standard InChI is InChI=1S/C8H13IN2O2/c1-2-3-6-11(7-4-5-9)8(12)13-10/h2-3,5-6,10H2,1H3. The van der Waals surface area contributed by atoms with E-state index in [1.807, 2.05) is 6.92 Å². The van der Waals surface area contributed by atoms with Crippen molar-refractivity contribution < 1.29 is 9.63 Å². The average Bonchev–Trinajstić information content (AvgIpc) is 2.17. The van der Waals surface area contributed by atoms with Crippen LogP contribution in [0.1, 0.15) is 19.8 Å². The van der Waals surface area contributed by atoms with Gasteiger partial charge in [-0.25, -0.2) is 9.69 Å². The van der Waals surface area contributed by atoms with Crippen molar-refractivity contribution in [3.05, 3.63) is 0 Å². The van der Waals surface area contributed by atoms with Crippen LogP contribution in [0.4, 0.5) is 4.79 Å². The Balaban J connectivity index is 4.10. The Labute approximate surface area is 91.9 Å². The minimum atomic E-state index is -0.592. The van der Waals surface area contributed by atoms with Gasteiger partial charge in [0.05, 0.1) is 4.43 Å². The summed E-state index contributed by atoms with van der Waals surface area (Å²) in [6.07, 6.45) is 1.30. The Hall–Kier alpha value is -0.480. The van der Waals surface area contributed by atoms with E-state index in [1.54, 1.807) is 0 Å². The molecule has 0 fully saturated rings. The van der Waals surface area contributed by atoms with E-state index in [9.17, 15) is 4.79 Å². The highest BCUT2D eigenvalue weighted by Gasteiger charge is 2.10. The van der Waals surface area contributed by atoms with Gasteiger partial charge in [-0.3, -0.25) is 0 Å². The number of nitrogens with zero attached hydrogens (tertiary/aromatic N) is 1. The molecule has 0 atom stereocenters. The number of carbonyl (C=O) groups excluding carboxylic acids is 1. The highest BCUT2D eigenvalue weighted by Crippen LogP contribution is 1.95. The molecule has 0 saturated heterocycles. The van der Waals surface area contributed by atoms with E-state index in [2.05, 4.69) is 39.4 Å². The van der Waals surface area contributed by atoms with Gasteiger partial charge in [0, 0.05) is 12.6 Å². The molecule has 0 radical (unpaired) electrons. The van der Waals surface area contributed by atoms with E-state index >= 15 is 0 Å². The summed E-state index contributed by atoms with van der Waals surface area (Å²) in [5.41, 5.74) is 0. The van der Waals surface area contributed by atoms with Crippen molar-refractivity contribution in [1.82, 2.24) is 4.90 Å². The first kappa shape index (κ1) is 12.5. The quantitative estimate of drug-likeness (QED) is 0.282. The number of hydrogen-bond donors (Lipinski definition) is 1. The normalized spacial score (nSPS) is 8.54. The fourth-order valence-corrected chi connectivity index (χ4v) is 0.869. The van der Waals surface area contributed by atoms with Crippen LogP contribution < -0.4 is 5.90 Å². The number of rotatable bonds is 3. The number of nitrogens with two attached hydrogens (primary N) is 1. The molecule has 0 rings (SSSR count). The molecule has 0 unspecified atom stereocenters. The molecule has 2 N–H and O–H groups in total. The lowest BCUT2D eigenvalue weighted by Gasteiger charge is -2.11. The zero-order valence-electron chi connectivity index (χ0n) is 7.55. The Morgan fingerprint density at radius 3 is 2.85 bits per heavy atom. The third kappa shape index (κ3) is 5.71. The Morgan fingerprint density at radius 2 is 2.38 bits per heavy atom. The van der Waals surface area contributed by atoms with Crippen molar-refractivity contribution in [1.29, 1.82) is 0 Å². The molecular formula is C8H13IN2O2. The van der Waals surface area contributed by atoms with Crippen LogP contribution in [-0.4, -0.2) is 22.0 Å². The second kappa shape index (κ2) is 8.13. The smallest absolute Gasteiger partial charge is 0.356 e. The van der Waals surface area contributed by atoms with E-state index in [0.717, 1.165) is 12.8 Å². The summed E-state index contributed by atoms with van der Waals surface area (Å²) in [6.45, 7) is 2.61. The lowest BCUT2D eigenvalue weighted by atomic mass is 10.3. The molecule has 0 aromatic carbocycles. The monoisotopic (exact) mass is 296 g/mol. The molecule has 0 heterocycles. The largest absolute Gasteiger partial charge is 0.440 e. The summed E-state index contributed by atoms with van der Waals surface area (Å²) in [7, 11) is 0. The molecule has 0 aliphatic heterocycles. The minimum absolute atomic E-state index is 0.566. The molecule has 0 aliphatic carbocycles. The first-order chi connectivity index (χ1) is 6.26. The van der Waals surface area contributed by atoms with E-state index in [0.29, 0.717) is 11.0 Å². The molecule has 13 heavy (non-hydrogen) atoms. The molecule has 0 bridgehead atoms. The molecule has 0 aromatic rings. The third-order valence-corrected chi connectivity index (χ3v) is 1.72. The maximum absolute atomic E-state index is 11.0. The number of hydrogen-bond acceptors (Lipinski definition) is 3. The topological polar surface area (TPSA) is 55.6 Å². The zero-order valence-corrected chi connectivity index (χ0v) is 9.70. The molecule has 0 aliphatic rings. The zero-order chi connectivity index (χ0) is 10.1. The molecule has 0 saturated carbocycles. The molecular weight excluding hydrogens is 283 g/mol. The molecule has 0 spiro atoms. The highest BCUT2D eigenvalue weighted by atomic mass is 127. The molecule has 74 valence electrons. The predicted octanol–water partition coefficient (Wildman–Crippen LogP) is 1.49. The van der Waals surface area contributed by atoms with Gasteiger partial charge >= 0.3 is 6.09 Å². The van der Waals surface area contributed by atoms with E-state index < -0.39 is 6.09 Å². The second-order valence-electron chi connectivity index (χ2n) is 2.31. The SMILES string of the molecule is CCCCN(C#CCI)C(=O)ON. The van der Waals surface area contributed by atoms with Crippen molar-refractivity contribution in [2.24, 2.45) is 5.90 Å². The van der Waals surface area contributed by atoms with Crippen LogP contribution >= 0.6 is 22.6 Å². The van der Waals surface area contributed by atoms with Gasteiger partial charge in [0.2, 0.25) is 0 Å². The van der Waals surface area contributed by atoms with E-state index in [4.69, 9.17) is 5.90 Å². The molecule has 4 nitrogen and oxygen atoms in total. The summed E-state index contributed by atoms with van der Waals surface area (Å²) in [4.78, 5) is 16.4.